The molecule has 0 saturated heterocycles. The van der Waals surface area contributed by atoms with Gasteiger partial charge in [-0.2, -0.15) is 0 Å². The summed E-state index contributed by atoms with van der Waals surface area (Å²) in [7, 11) is 0. The fourth-order valence-electron chi connectivity index (χ4n) is 1.78. The van der Waals surface area contributed by atoms with E-state index in [1.165, 1.54) is 16.5 Å². The molecule has 0 fully saturated rings. The summed E-state index contributed by atoms with van der Waals surface area (Å²) < 4.78 is 0. The summed E-state index contributed by atoms with van der Waals surface area (Å²) in [5.41, 5.74) is 3.68. The Morgan fingerprint density at radius 1 is 1.33 bits per heavy atom. The molecule has 1 aromatic carbocycles. The molecule has 0 spiro atoms. The molecular weight excluding hydrogens is 184 g/mol. The highest BCUT2D eigenvalue weighted by molar-refractivity contribution is 5.81. The van der Waals surface area contributed by atoms with Gasteiger partial charge in [0, 0.05) is 11.2 Å². The molecule has 0 aliphatic heterocycles. The molecule has 0 aliphatic rings. The second-order valence-corrected chi connectivity index (χ2v) is 4.18. The van der Waals surface area contributed by atoms with Crippen molar-refractivity contribution in [2.24, 2.45) is 4.99 Å². The topological polar surface area (TPSA) is 28.1 Å². The Bertz CT molecular complexity index is 480. The fourth-order valence-corrected chi connectivity index (χ4v) is 1.78. The zero-order chi connectivity index (χ0) is 10.8. The number of hydrogen-bond donors (Lipinski definition) is 1. The van der Waals surface area contributed by atoms with Crippen LogP contribution < -0.4 is 0 Å². The van der Waals surface area contributed by atoms with Crippen molar-refractivity contribution in [2.75, 3.05) is 0 Å². The average molecular weight is 200 g/mol. The summed E-state index contributed by atoms with van der Waals surface area (Å²) in [5, 5.41) is 1.26. The van der Waals surface area contributed by atoms with Crippen LogP contribution in [0.3, 0.4) is 0 Å². The number of aromatic nitrogens is 1. The summed E-state index contributed by atoms with van der Waals surface area (Å²) in [6.45, 7) is 8.58. The monoisotopic (exact) mass is 200 g/mol. The number of hydrogen-bond acceptors (Lipinski definition) is 1. The summed E-state index contributed by atoms with van der Waals surface area (Å²) >= 11 is 0. The van der Waals surface area contributed by atoms with Crippen LogP contribution in [-0.2, 0) is 6.54 Å². The molecule has 1 N–H and O–H groups in total. The molecule has 2 heteroatoms. The number of aromatic amines is 1. The highest BCUT2D eigenvalue weighted by Gasteiger charge is 2.03. The van der Waals surface area contributed by atoms with Gasteiger partial charge in [-0.1, -0.05) is 19.9 Å². The molecule has 0 atom stereocenters. The highest BCUT2D eigenvalue weighted by Crippen LogP contribution is 2.22. The van der Waals surface area contributed by atoms with E-state index in [1.807, 2.05) is 0 Å². The number of benzene rings is 1. The van der Waals surface area contributed by atoms with Crippen molar-refractivity contribution in [2.45, 2.75) is 26.3 Å². The zero-order valence-corrected chi connectivity index (χ0v) is 9.25. The first kappa shape index (κ1) is 9.97. The molecule has 0 bridgehead atoms. The van der Waals surface area contributed by atoms with Crippen molar-refractivity contribution in [3.8, 4) is 0 Å². The lowest BCUT2D eigenvalue weighted by Crippen LogP contribution is -1.85. The van der Waals surface area contributed by atoms with E-state index >= 15 is 0 Å². The summed E-state index contributed by atoms with van der Waals surface area (Å²) in [6.07, 6.45) is 0. The van der Waals surface area contributed by atoms with Crippen LogP contribution in [0.2, 0.25) is 0 Å². The first-order valence-electron chi connectivity index (χ1n) is 5.24. The lowest BCUT2D eigenvalue weighted by molar-refractivity contribution is 0.869. The molecule has 15 heavy (non-hydrogen) atoms. The maximum Gasteiger partial charge on any atom is 0.0782 e. The number of aliphatic imine (C=N–C) groups is 1. The zero-order valence-electron chi connectivity index (χ0n) is 9.25. The number of fused-ring (bicyclic) bond motifs is 1. The third kappa shape index (κ3) is 1.94. The Kier molecular flexibility index (Phi) is 2.58. The van der Waals surface area contributed by atoms with Crippen LogP contribution in [0.15, 0.2) is 29.3 Å². The Hall–Kier alpha value is -1.57. The van der Waals surface area contributed by atoms with E-state index in [9.17, 15) is 0 Å². The standard InChI is InChI=1S/C13H16N2/c1-9(2)10-4-5-13-11(6-10)7-12(15-13)8-14-3/h4-7,9,15H,3,8H2,1-2H3. The Labute approximate surface area is 90.0 Å². The van der Waals surface area contributed by atoms with Crippen LogP contribution in [0.1, 0.15) is 31.0 Å². The first-order chi connectivity index (χ1) is 7.20. The van der Waals surface area contributed by atoms with Crippen LogP contribution in [0.25, 0.3) is 10.9 Å². The first-order valence-corrected chi connectivity index (χ1v) is 5.24. The van der Waals surface area contributed by atoms with Gasteiger partial charge in [-0.3, -0.25) is 4.99 Å². The largest absolute Gasteiger partial charge is 0.357 e. The van der Waals surface area contributed by atoms with Crippen LogP contribution in [0.5, 0.6) is 0 Å². The minimum atomic E-state index is 0.574. The van der Waals surface area contributed by atoms with Crippen molar-refractivity contribution in [1.29, 1.82) is 0 Å². The van der Waals surface area contributed by atoms with E-state index in [4.69, 9.17) is 0 Å². The normalized spacial score (nSPS) is 11.1. The van der Waals surface area contributed by atoms with Crippen LogP contribution in [0, 0.1) is 0 Å². The molecular formula is C13H16N2. The van der Waals surface area contributed by atoms with Gasteiger partial charge in [0.1, 0.15) is 0 Å². The third-order valence-electron chi connectivity index (χ3n) is 2.65. The van der Waals surface area contributed by atoms with E-state index in [0.717, 1.165) is 5.69 Å². The van der Waals surface area contributed by atoms with Gasteiger partial charge in [0.15, 0.2) is 0 Å². The molecule has 78 valence electrons. The maximum atomic E-state index is 3.88. The average Bonchev–Trinajstić information content (AvgIpc) is 2.59. The maximum absolute atomic E-state index is 3.88. The molecule has 0 amide bonds. The fraction of sp³-hybridized carbons (Fsp3) is 0.308. The molecule has 2 nitrogen and oxygen atoms in total. The highest BCUT2D eigenvalue weighted by atomic mass is 14.8. The minimum absolute atomic E-state index is 0.574. The number of rotatable bonds is 3. The van der Waals surface area contributed by atoms with Crippen molar-refractivity contribution in [3.63, 3.8) is 0 Å². The van der Waals surface area contributed by atoms with Gasteiger partial charge >= 0.3 is 0 Å². The van der Waals surface area contributed by atoms with Crippen molar-refractivity contribution >= 4 is 17.6 Å². The van der Waals surface area contributed by atoms with E-state index in [2.05, 4.69) is 54.8 Å². The van der Waals surface area contributed by atoms with Crippen molar-refractivity contribution in [3.05, 3.63) is 35.5 Å². The minimum Gasteiger partial charge on any atom is -0.357 e. The molecule has 1 aromatic heterocycles. The number of nitrogens with zero attached hydrogens (tertiary/aromatic N) is 1. The summed E-state index contributed by atoms with van der Waals surface area (Å²) in [6, 6.07) is 8.70. The predicted octanol–water partition coefficient (Wildman–Crippen LogP) is 3.49. The Morgan fingerprint density at radius 3 is 2.80 bits per heavy atom. The smallest absolute Gasteiger partial charge is 0.0782 e. The number of H-pyrrole nitrogens is 1. The van der Waals surface area contributed by atoms with Crippen LogP contribution in [-0.4, -0.2) is 11.7 Å². The second-order valence-electron chi connectivity index (χ2n) is 4.18. The van der Waals surface area contributed by atoms with Gasteiger partial charge in [0.25, 0.3) is 0 Å². The summed E-state index contributed by atoms with van der Waals surface area (Å²) in [5.74, 6) is 0.574. The van der Waals surface area contributed by atoms with Gasteiger partial charge in [-0.05, 0) is 41.8 Å². The molecule has 0 unspecified atom stereocenters. The molecule has 0 saturated carbocycles. The van der Waals surface area contributed by atoms with Gasteiger partial charge in [-0.25, -0.2) is 0 Å². The van der Waals surface area contributed by atoms with E-state index in [-0.39, 0.29) is 0 Å². The SMILES string of the molecule is C=NCc1cc2cc(C(C)C)ccc2[nH]1. The van der Waals surface area contributed by atoms with E-state index in [0.29, 0.717) is 12.5 Å². The summed E-state index contributed by atoms with van der Waals surface area (Å²) in [4.78, 5) is 7.21. The van der Waals surface area contributed by atoms with Crippen LogP contribution in [0.4, 0.5) is 0 Å². The predicted molar refractivity (Wildman–Crippen MR) is 65.6 cm³/mol. The molecule has 2 aromatic rings. The lowest BCUT2D eigenvalue weighted by atomic mass is 10.0. The van der Waals surface area contributed by atoms with Gasteiger partial charge in [0.2, 0.25) is 0 Å². The number of nitrogens with one attached hydrogen (secondary N) is 1. The van der Waals surface area contributed by atoms with Crippen molar-refractivity contribution in [1.82, 2.24) is 4.98 Å². The molecule has 2 rings (SSSR count). The van der Waals surface area contributed by atoms with Gasteiger partial charge in [0.05, 0.1) is 6.54 Å². The lowest BCUT2D eigenvalue weighted by Gasteiger charge is -2.03. The molecule has 0 radical (unpaired) electrons. The quantitative estimate of drug-likeness (QED) is 0.735. The molecule has 1 heterocycles. The molecule has 0 aliphatic carbocycles. The third-order valence-corrected chi connectivity index (χ3v) is 2.65. The van der Waals surface area contributed by atoms with Crippen LogP contribution >= 0.6 is 0 Å². The van der Waals surface area contributed by atoms with Gasteiger partial charge in [-0.15, -0.1) is 0 Å². The van der Waals surface area contributed by atoms with Crippen molar-refractivity contribution < 1.29 is 0 Å². The second kappa shape index (κ2) is 3.89. The van der Waals surface area contributed by atoms with E-state index < -0.39 is 0 Å². The van der Waals surface area contributed by atoms with Gasteiger partial charge < -0.3 is 4.98 Å². The Balaban J connectivity index is 2.47. The Morgan fingerprint density at radius 2 is 2.13 bits per heavy atom. The van der Waals surface area contributed by atoms with E-state index in [1.54, 1.807) is 0 Å².